The van der Waals surface area contributed by atoms with Crippen LogP contribution in [0.4, 0.5) is 13.2 Å². The van der Waals surface area contributed by atoms with E-state index in [2.05, 4.69) is 9.59 Å². The molecule has 1 aromatic heterocycles. The number of nitrogens with zero attached hydrogens (tertiary/aromatic N) is 2. The molecule has 0 N–H and O–H groups in total. The minimum absolute atomic E-state index is 0.00299. The van der Waals surface area contributed by atoms with Gasteiger partial charge in [-0.05, 0) is 30.1 Å². The van der Waals surface area contributed by atoms with Crippen LogP contribution in [0.5, 0.6) is 0 Å². The fourth-order valence-electron chi connectivity index (χ4n) is 1.75. The molecular weight excluding hydrogens is 289 g/mol. The average molecular weight is 300 g/mol. The van der Waals surface area contributed by atoms with Crippen LogP contribution in [0.1, 0.15) is 39.8 Å². The van der Waals surface area contributed by atoms with Gasteiger partial charge in [-0.25, -0.2) is 0 Å². The lowest BCUT2D eigenvalue weighted by Gasteiger charge is -2.07. The average Bonchev–Trinajstić information content (AvgIpc) is 2.86. The normalized spacial score (nSPS) is 11.6. The van der Waals surface area contributed by atoms with Crippen molar-refractivity contribution in [2.45, 2.75) is 25.9 Å². The molecular formula is C13H11F3N2OS. The lowest BCUT2D eigenvalue weighted by Crippen LogP contribution is -2.08. The predicted molar refractivity (Wildman–Crippen MR) is 68.8 cm³/mol. The molecule has 0 aliphatic heterocycles. The number of aryl methyl sites for hydroxylation is 1. The van der Waals surface area contributed by atoms with Gasteiger partial charge >= 0.3 is 6.18 Å². The van der Waals surface area contributed by atoms with Crippen LogP contribution in [0.2, 0.25) is 0 Å². The monoisotopic (exact) mass is 300 g/mol. The molecule has 0 saturated heterocycles. The van der Waals surface area contributed by atoms with Crippen molar-refractivity contribution < 1.29 is 18.0 Å². The van der Waals surface area contributed by atoms with Crippen molar-refractivity contribution in [3.8, 4) is 0 Å². The van der Waals surface area contributed by atoms with Gasteiger partial charge in [0.25, 0.3) is 0 Å². The summed E-state index contributed by atoms with van der Waals surface area (Å²) in [6.45, 7) is 1.93. The number of carbonyl (C=O) groups excluding carboxylic acids is 1. The molecule has 0 atom stereocenters. The molecule has 0 saturated carbocycles. The summed E-state index contributed by atoms with van der Waals surface area (Å²) in [6.07, 6.45) is -3.10. The van der Waals surface area contributed by atoms with Crippen LogP contribution in [0.25, 0.3) is 0 Å². The molecule has 3 nitrogen and oxygen atoms in total. The fraction of sp³-hybridized carbons (Fsp3) is 0.308. The summed E-state index contributed by atoms with van der Waals surface area (Å²) in [6, 6.07) is 4.39. The van der Waals surface area contributed by atoms with E-state index in [9.17, 15) is 18.0 Å². The summed E-state index contributed by atoms with van der Waals surface area (Å²) in [7, 11) is 0. The van der Waals surface area contributed by atoms with E-state index in [4.69, 9.17) is 0 Å². The fourth-order valence-corrected chi connectivity index (χ4v) is 2.42. The molecule has 0 amide bonds. The first-order valence-electron chi connectivity index (χ1n) is 5.96. The minimum atomic E-state index is -4.46. The van der Waals surface area contributed by atoms with Crippen molar-refractivity contribution in [1.29, 1.82) is 0 Å². The maximum absolute atomic E-state index is 12.6. The van der Waals surface area contributed by atoms with Crippen molar-refractivity contribution in [2.75, 3.05) is 0 Å². The van der Waals surface area contributed by atoms with E-state index in [1.165, 1.54) is 12.1 Å². The molecule has 0 spiro atoms. The van der Waals surface area contributed by atoms with E-state index in [0.717, 1.165) is 30.1 Å². The highest BCUT2D eigenvalue weighted by Crippen LogP contribution is 2.30. The molecule has 106 valence electrons. The molecule has 1 heterocycles. The first kappa shape index (κ1) is 14.6. The summed E-state index contributed by atoms with van der Waals surface area (Å²) < 4.78 is 41.6. The summed E-state index contributed by atoms with van der Waals surface area (Å²) >= 11 is 0.914. The number of halogens is 3. The zero-order valence-corrected chi connectivity index (χ0v) is 11.4. The van der Waals surface area contributed by atoms with E-state index >= 15 is 0 Å². The summed E-state index contributed by atoms with van der Waals surface area (Å²) in [5, 5.41) is 3.85. The number of alkyl halides is 3. The molecule has 2 rings (SSSR count). The molecule has 2 aromatic rings. The van der Waals surface area contributed by atoms with Crippen LogP contribution in [0, 0.1) is 0 Å². The maximum atomic E-state index is 12.6. The van der Waals surface area contributed by atoms with Crippen LogP contribution in [-0.4, -0.2) is 15.4 Å². The van der Waals surface area contributed by atoms with E-state index in [1.807, 2.05) is 6.92 Å². The van der Waals surface area contributed by atoms with Crippen molar-refractivity contribution in [2.24, 2.45) is 0 Å². The Balaban J connectivity index is 2.36. The van der Waals surface area contributed by atoms with Gasteiger partial charge in [0.05, 0.1) is 11.3 Å². The lowest BCUT2D eigenvalue weighted by molar-refractivity contribution is -0.137. The third-order valence-corrected chi connectivity index (χ3v) is 3.47. The molecule has 1 aromatic carbocycles. The van der Waals surface area contributed by atoms with Crippen LogP contribution in [0.3, 0.4) is 0 Å². The Bertz CT molecular complexity index is 622. The highest BCUT2D eigenvalue weighted by atomic mass is 32.1. The Morgan fingerprint density at radius 1 is 1.35 bits per heavy atom. The Labute approximate surface area is 117 Å². The highest BCUT2D eigenvalue weighted by Gasteiger charge is 2.31. The zero-order valence-electron chi connectivity index (χ0n) is 10.6. The predicted octanol–water partition coefficient (Wildman–Crippen LogP) is 3.74. The quantitative estimate of drug-likeness (QED) is 0.808. The second-order valence-electron chi connectivity index (χ2n) is 4.21. The van der Waals surface area contributed by atoms with Gasteiger partial charge in [0.15, 0.2) is 0 Å². The number of ketones is 1. The summed E-state index contributed by atoms with van der Waals surface area (Å²) in [4.78, 5) is 12.6. The first-order chi connectivity index (χ1) is 9.43. The van der Waals surface area contributed by atoms with Crippen LogP contribution in [0.15, 0.2) is 24.3 Å². The Morgan fingerprint density at radius 3 is 2.75 bits per heavy atom. The Morgan fingerprint density at radius 2 is 2.10 bits per heavy atom. The standard InChI is InChI=1S/C13H11F3N2OS/c1-2-4-10-12(20-18-17-10)11(19)8-5-3-6-9(7-8)13(14,15)16/h3,5-7H,2,4H2,1H3. The molecule has 0 aliphatic rings. The van der Waals surface area contributed by atoms with Gasteiger partial charge < -0.3 is 0 Å². The SMILES string of the molecule is CCCc1nnsc1C(=O)c1cccc(C(F)(F)F)c1. The molecule has 0 unspecified atom stereocenters. The number of hydrogen-bond donors (Lipinski definition) is 0. The van der Waals surface area contributed by atoms with Gasteiger partial charge in [-0.1, -0.05) is 30.0 Å². The minimum Gasteiger partial charge on any atom is -0.288 e. The van der Waals surface area contributed by atoms with E-state index in [0.29, 0.717) is 17.0 Å². The van der Waals surface area contributed by atoms with Crippen molar-refractivity contribution in [3.05, 3.63) is 46.0 Å². The summed E-state index contributed by atoms with van der Waals surface area (Å²) in [5.41, 5.74) is -0.291. The third kappa shape index (κ3) is 3.04. The molecule has 20 heavy (non-hydrogen) atoms. The Hall–Kier alpha value is -1.76. The molecule has 7 heteroatoms. The second kappa shape index (κ2) is 5.70. The number of hydrogen-bond acceptors (Lipinski definition) is 4. The van der Waals surface area contributed by atoms with Gasteiger partial charge in [-0.15, -0.1) is 5.10 Å². The number of rotatable bonds is 4. The van der Waals surface area contributed by atoms with Gasteiger partial charge in [0, 0.05) is 5.56 Å². The largest absolute Gasteiger partial charge is 0.416 e. The molecule has 0 bridgehead atoms. The zero-order chi connectivity index (χ0) is 14.8. The maximum Gasteiger partial charge on any atom is 0.416 e. The number of aromatic nitrogens is 2. The van der Waals surface area contributed by atoms with Gasteiger partial charge in [-0.3, -0.25) is 4.79 Å². The van der Waals surface area contributed by atoms with E-state index in [1.54, 1.807) is 0 Å². The lowest BCUT2D eigenvalue weighted by atomic mass is 10.0. The molecule has 0 radical (unpaired) electrons. The van der Waals surface area contributed by atoms with Gasteiger partial charge in [0.1, 0.15) is 4.88 Å². The van der Waals surface area contributed by atoms with Gasteiger partial charge in [-0.2, -0.15) is 13.2 Å². The number of benzene rings is 1. The second-order valence-corrected chi connectivity index (χ2v) is 4.96. The van der Waals surface area contributed by atoms with E-state index in [-0.39, 0.29) is 5.56 Å². The van der Waals surface area contributed by atoms with Crippen molar-refractivity contribution in [3.63, 3.8) is 0 Å². The number of carbonyl (C=O) groups is 1. The summed E-state index contributed by atoms with van der Waals surface area (Å²) in [5.74, 6) is -0.463. The highest BCUT2D eigenvalue weighted by molar-refractivity contribution is 7.08. The van der Waals surface area contributed by atoms with Crippen LogP contribution in [-0.2, 0) is 12.6 Å². The molecule has 0 aliphatic carbocycles. The molecule has 0 fully saturated rings. The van der Waals surface area contributed by atoms with Crippen molar-refractivity contribution >= 4 is 17.3 Å². The van der Waals surface area contributed by atoms with Crippen LogP contribution >= 0.6 is 11.5 Å². The van der Waals surface area contributed by atoms with E-state index < -0.39 is 17.5 Å². The smallest absolute Gasteiger partial charge is 0.288 e. The third-order valence-electron chi connectivity index (χ3n) is 2.70. The topological polar surface area (TPSA) is 42.9 Å². The van der Waals surface area contributed by atoms with Crippen LogP contribution < -0.4 is 0 Å². The van der Waals surface area contributed by atoms with Gasteiger partial charge in [0.2, 0.25) is 5.78 Å². The Kier molecular flexibility index (Phi) is 4.17. The first-order valence-corrected chi connectivity index (χ1v) is 6.74. The van der Waals surface area contributed by atoms with Crippen molar-refractivity contribution in [1.82, 2.24) is 9.59 Å².